The zero-order chi connectivity index (χ0) is 25.4. The lowest BCUT2D eigenvalue weighted by Gasteiger charge is -2.27. The third-order valence-electron chi connectivity index (χ3n) is 7.15. The summed E-state index contributed by atoms with van der Waals surface area (Å²) >= 11 is 0. The fraction of sp³-hybridized carbons (Fsp3) is 0.520. The number of nitrogens with zero attached hydrogens (tertiary/aromatic N) is 5. The van der Waals surface area contributed by atoms with E-state index in [0.29, 0.717) is 28.8 Å². The van der Waals surface area contributed by atoms with E-state index in [1.54, 1.807) is 40.1 Å². The topological polar surface area (TPSA) is 140 Å². The van der Waals surface area contributed by atoms with Crippen LogP contribution in [0.1, 0.15) is 74.6 Å². The van der Waals surface area contributed by atoms with Gasteiger partial charge < -0.3 is 10.6 Å². The van der Waals surface area contributed by atoms with E-state index in [-0.39, 0.29) is 35.4 Å². The van der Waals surface area contributed by atoms with Gasteiger partial charge in [0.1, 0.15) is 11.7 Å². The van der Waals surface area contributed by atoms with E-state index in [0.717, 1.165) is 25.7 Å². The lowest BCUT2D eigenvalue weighted by molar-refractivity contribution is -0.119. The van der Waals surface area contributed by atoms with E-state index < -0.39 is 6.04 Å². The van der Waals surface area contributed by atoms with Gasteiger partial charge in [0.15, 0.2) is 0 Å². The van der Waals surface area contributed by atoms with Gasteiger partial charge in [-0.15, -0.1) is 0 Å². The first-order chi connectivity index (χ1) is 17.3. The molecule has 11 heteroatoms. The van der Waals surface area contributed by atoms with Crippen LogP contribution in [-0.4, -0.2) is 47.6 Å². The molecule has 5 rings (SSSR count). The van der Waals surface area contributed by atoms with Crippen LogP contribution in [0.25, 0.3) is 0 Å². The number of hydrogen-bond donors (Lipinski definition) is 3. The zero-order valence-electron chi connectivity index (χ0n) is 20.7. The molecule has 2 atom stereocenters. The van der Waals surface area contributed by atoms with E-state index in [1.807, 2.05) is 20.8 Å². The average Bonchev–Trinajstić information content (AvgIpc) is 3.77. The van der Waals surface area contributed by atoms with Crippen molar-refractivity contribution in [3.63, 3.8) is 0 Å². The molecule has 0 aliphatic heterocycles. The van der Waals surface area contributed by atoms with Crippen molar-refractivity contribution >= 4 is 17.5 Å². The molecule has 190 valence electrons. The van der Waals surface area contributed by atoms with Gasteiger partial charge in [0.25, 0.3) is 11.5 Å². The summed E-state index contributed by atoms with van der Waals surface area (Å²) in [6.07, 6.45) is 10.7. The molecule has 2 amide bonds. The smallest absolute Gasteiger partial charge is 0.270 e. The van der Waals surface area contributed by atoms with Crippen LogP contribution >= 0.6 is 0 Å². The van der Waals surface area contributed by atoms with Gasteiger partial charge in [-0.3, -0.25) is 23.7 Å². The molecule has 3 N–H and O–H groups in total. The van der Waals surface area contributed by atoms with Gasteiger partial charge in [-0.1, -0.05) is 0 Å². The van der Waals surface area contributed by atoms with Gasteiger partial charge in [0, 0.05) is 30.2 Å². The third kappa shape index (κ3) is 4.95. The highest BCUT2D eigenvalue weighted by Gasteiger charge is 2.48. The standard InChI is InChI=1S/C25H32N8O3/c1-14(2)33-20(9-11-27-33)24(35)30-22(21(16-4-5-16)17-6-7-17)25(36)29-18-12-28-32(13-18)15(3)19-8-10-26-31-23(19)34/h8-17,21-22H,4-7H2,1-3H3,(H,29,36)(H,30,35)(H,31,34)/t15?,22-/m0/s1. The van der Waals surface area contributed by atoms with Gasteiger partial charge in [-0.05, 0) is 76.3 Å². The van der Waals surface area contributed by atoms with Crippen LogP contribution < -0.4 is 16.2 Å². The molecular formula is C25H32N8O3. The number of carbonyl (C=O) groups excluding carboxylic acids is 2. The van der Waals surface area contributed by atoms with Crippen molar-refractivity contribution in [1.82, 2.24) is 35.1 Å². The summed E-state index contributed by atoms with van der Waals surface area (Å²) in [7, 11) is 0. The monoisotopic (exact) mass is 492 g/mol. The van der Waals surface area contributed by atoms with Gasteiger partial charge in [0.05, 0.1) is 17.9 Å². The van der Waals surface area contributed by atoms with E-state index in [2.05, 4.69) is 31.0 Å². The van der Waals surface area contributed by atoms with Crippen molar-refractivity contribution in [2.24, 2.45) is 17.8 Å². The third-order valence-corrected chi connectivity index (χ3v) is 7.15. The molecule has 36 heavy (non-hydrogen) atoms. The summed E-state index contributed by atoms with van der Waals surface area (Å²) in [5.41, 5.74) is 1.18. The summed E-state index contributed by atoms with van der Waals surface area (Å²) < 4.78 is 3.29. The normalized spacial score (nSPS) is 17.2. The van der Waals surface area contributed by atoms with E-state index >= 15 is 0 Å². The lowest BCUT2D eigenvalue weighted by Crippen LogP contribution is -2.50. The number of carbonyl (C=O) groups is 2. The van der Waals surface area contributed by atoms with Crippen molar-refractivity contribution in [3.8, 4) is 0 Å². The first-order valence-corrected chi connectivity index (χ1v) is 12.6. The summed E-state index contributed by atoms with van der Waals surface area (Å²) in [6.45, 7) is 5.77. The number of hydrogen-bond acceptors (Lipinski definition) is 6. The number of anilines is 1. The molecule has 0 bridgehead atoms. The fourth-order valence-corrected chi connectivity index (χ4v) is 5.01. The Bertz CT molecular complexity index is 1290. The Hall–Kier alpha value is -3.76. The number of rotatable bonds is 10. The molecule has 0 saturated heterocycles. The molecule has 2 aliphatic rings. The Morgan fingerprint density at radius 3 is 2.42 bits per heavy atom. The molecule has 2 fully saturated rings. The highest BCUT2D eigenvalue weighted by molar-refractivity contribution is 6.00. The molecular weight excluding hydrogens is 460 g/mol. The summed E-state index contributed by atoms with van der Waals surface area (Å²) in [5.74, 6) is 0.453. The van der Waals surface area contributed by atoms with Gasteiger partial charge in [-0.25, -0.2) is 5.10 Å². The maximum Gasteiger partial charge on any atom is 0.270 e. The predicted molar refractivity (Wildman–Crippen MR) is 132 cm³/mol. The van der Waals surface area contributed by atoms with E-state index in [1.165, 1.54) is 6.20 Å². The Kier molecular flexibility index (Phi) is 6.46. The lowest BCUT2D eigenvalue weighted by atomic mass is 9.88. The Balaban J connectivity index is 1.35. The highest BCUT2D eigenvalue weighted by atomic mass is 16.2. The predicted octanol–water partition coefficient (Wildman–Crippen LogP) is 2.53. The van der Waals surface area contributed by atoms with Crippen LogP contribution in [-0.2, 0) is 4.79 Å². The quantitative estimate of drug-likeness (QED) is 0.397. The molecule has 3 aromatic heterocycles. The fourth-order valence-electron chi connectivity index (χ4n) is 5.01. The van der Waals surface area contributed by atoms with E-state index in [9.17, 15) is 14.4 Å². The van der Waals surface area contributed by atoms with Gasteiger partial charge in [0.2, 0.25) is 5.91 Å². The van der Waals surface area contributed by atoms with Crippen LogP contribution in [0.5, 0.6) is 0 Å². The van der Waals surface area contributed by atoms with Crippen molar-refractivity contribution in [2.45, 2.75) is 64.6 Å². The van der Waals surface area contributed by atoms with Crippen LogP contribution in [0.3, 0.4) is 0 Å². The molecule has 3 heterocycles. The minimum Gasteiger partial charge on any atom is -0.339 e. The van der Waals surface area contributed by atoms with Crippen LogP contribution in [0.2, 0.25) is 0 Å². The number of amides is 2. The average molecular weight is 493 g/mol. The van der Waals surface area contributed by atoms with Crippen molar-refractivity contribution in [3.05, 3.63) is 58.5 Å². The summed E-state index contributed by atoms with van der Waals surface area (Å²) in [4.78, 5) is 39.0. The molecule has 1 unspecified atom stereocenters. The second kappa shape index (κ2) is 9.71. The number of aromatic amines is 1. The Labute approximate surface area is 208 Å². The minimum absolute atomic E-state index is 0.0242. The highest BCUT2D eigenvalue weighted by Crippen LogP contribution is 2.51. The van der Waals surface area contributed by atoms with E-state index in [4.69, 9.17) is 0 Å². The summed E-state index contributed by atoms with van der Waals surface area (Å²) in [5, 5.41) is 20.8. The van der Waals surface area contributed by atoms with Crippen molar-refractivity contribution in [2.75, 3.05) is 5.32 Å². The molecule has 2 aliphatic carbocycles. The summed E-state index contributed by atoms with van der Waals surface area (Å²) in [6, 6.07) is 2.35. The number of aromatic nitrogens is 6. The Morgan fingerprint density at radius 1 is 1.06 bits per heavy atom. The minimum atomic E-state index is -0.656. The number of H-pyrrole nitrogens is 1. The first kappa shape index (κ1) is 24.0. The molecule has 2 saturated carbocycles. The SMILES string of the molecule is CC(c1ccn[nH]c1=O)n1cc(NC(=O)[C@@H](NC(=O)c2ccnn2C(C)C)C(C2CC2)C2CC2)cn1. The molecule has 0 radical (unpaired) electrons. The molecule has 3 aromatic rings. The van der Waals surface area contributed by atoms with Crippen LogP contribution in [0.4, 0.5) is 5.69 Å². The first-order valence-electron chi connectivity index (χ1n) is 12.6. The largest absolute Gasteiger partial charge is 0.339 e. The zero-order valence-corrected chi connectivity index (χ0v) is 20.7. The van der Waals surface area contributed by atoms with Crippen LogP contribution in [0.15, 0.2) is 41.7 Å². The molecule has 11 nitrogen and oxygen atoms in total. The molecule has 0 aromatic carbocycles. The Morgan fingerprint density at radius 2 is 1.78 bits per heavy atom. The second-order valence-corrected chi connectivity index (χ2v) is 10.2. The second-order valence-electron chi connectivity index (χ2n) is 10.2. The number of nitrogens with one attached hydrogen (secondary N) is 3. The maximum absolute atomic E-state index is 13.6. The maximum atomic E-state index is 13.6. The van der Waals surface area contributed by atoms with Gasteiger partial charge >= 0.3 is 0 Å². The molecule has 0 spiro atoms. The van der Waals surface area contributed by atoms with Crippen LogP contribution in [0, 0.1) is 17.8 Å². The van der Waals surface area contributed by atoms with Crippen molar-refractivity contribution in [1.29, 1.82) is 0 Å². The van der Waals surface area contributed by atoms with Gasteiger partial charge in [-0.2, -0.15) is 15.3 Å². The van der Waals surface area contributed by atoms with Crippen molar-refractivity contribution < 1.29 is 9.59 Å².